The minimum absolute atomic E-state index is 0.00968. The molecule has 1 aromatic carbocycles. The largest absolute Gasteiger partial charge is 0.487 e. The Morgan fingerprint density at radius 2 is 2.10 bits per heavy atom. The summed E-state index contributed by atoms with van der Waals surface area (Å²) in [4.78, 5) is 11.7. The van der Waals surface area contributed by atoms with E-state index in [0.29, 0.717) is 17.9 Å². The fourth-order valence-electron chi connectivity index (χ4n) is 2.13. The van der Waals surface area contributed by atoms with E-state index in [2.05, 4.69) is 40.9 Å². The zero-order chi connectivity index (χ0) is 15.4. The zero-order valence-electron chi connectivity index (χ0n) is 12.5. The Bertz CT molecular complexity index is 650. The van der Waals surface area contributed by atoms with Gasteiger partial charge in [-0.15, -0.1) is 0 Å². The lowest BCUT2D eigenvalue weighted by Gasteiger charge is -2.11. The van der Waals surface area contributed by atoms with Gasteiger partial charge in [-0.1, -0.05) is 22.9 Å². The van der Waals surface area contributed by atoms with Crippen molar-refractivity contribution >= 4 is 21.7 Å². The summed E-state index contributed by atoms with van der Waals surface area (Å²) in [7, 11) is 0. The average Bonchev–Trinajstić information content (AvgIpc) is 2.88. The van der Waals surface area contributed by atoms with Crippen LogP contribution in [0.15, 0.2) is 28.7 Å². The summed E-state index contributed by atoms with van der Waals surface area (Å²) in [5, 5.41) is 4.49. The highest BCUT2D eigenvalue weighted by molar-refractivity contribution is 9.10. The lowest BCUT2D eigenvalue weighted by atomic mass is 10.1. The van der Waals surface area contributed by atoms with Gasteiger partial charge in [0.2, 0.25) is 0 Å². The van der Waals surface area contributed by atoms with Crippen LogP contribution in [0.2, 0.25) is 0 Å². The average molecular weight is 351 g/mol. The number of aromatic nitrogens is 2. The third kappa shape index (κ3) is 3.73. The summed E-state index contributed by atoms with van der Waals surface area (Å²) >= 11 is 3.37. The number of halogens is 1. The third-order valence-corrected chi connectivity index (χ3v) is 3.77. The lowest BCUT2D eigenvalue weighted by molar-refractivity contribution is 0.101. The number of carbonyl (C=O) groups is 1. The molecule has 0 N–H and O–H groups in total. The van der Waals surface area contributed by atoms with Gasteiger partial charge in [-0.05, 0) is 44.5 Å². The van der Waals surface area contributed by atoms with E-state index in [1.807, 2.05) is 16.8 Å². The first-order chi connectivity index (χ1) is 10.0. The molecule has 2 aromatic rings. The van der Waals surface area contributed by atoms with Gasteiger partial charge < -0.3 is 4.74 Å². The molecule has 0 spiro atoms. The maximum absolute atomic E-state index is 11.7. The van der Waals surface area contributed by atoms with Gasteiger partial charge in [-0.3, -0.25) is 9.48 Å². The van der Waals surface area contributed by atoms with Crippen LogP contribution in [0.3, 0.4) is 0 Å². The number of aryl methyl sites for hydroxylation is 2. The van der Waals surface area contributed by atoms with Gasteiger partial charge in [-0.2, -0.15) is 5.10 Å². The molecule has 0 unspecified atom stereocenters. The number of carbonyl (C=O) groups excluding carboxylic acids is 1. The van der Waals surface area contributed by atoms with Gasteiger partial charge in [0.1, 0.15) is 12.4 Å². The fraction of sp³-hybridized carbons (Fsp3) is 0.375. The molecule has 4 nitrogen and oxygen atoms in total. The molecule has 0 bridgehead atoms. The van der Waals surface area contributed by atoms with Gasteiger partial charge in [0.15, 0.2) is 5.78 Å². The molecule has 0 aliphatic rings. The minimum Gasteiger partial charge on any atom is -0.487 e. The first-order valence-corrected chi connectivity index (χ1v) is 7.83. The van der Waals surface area contributed by atoms with Gasteiger partial charge in [0.05, 0.1) is 17.0 Å². The number of ether oxygens (including phenoxy) is 1. The van der Waals surface area contributed by atoms with Crippen LogP contribution in [-0.2, 0) is 19.6 Å². The van der Waals surface area contributed by atoms with Crippen molar-refractivity contribution in [3.63, 3.8) is 0 Å². The van der Waals surface area contributed by atoms with E-state index in [-0.39, 0.29) is 5.78 Å². The van der Waals surface area contributed by atoms with Crippen LogP contribution in [0.25, 0.3) is 0 Å². The van der Waals surface area contributed by atoms with E-state index in [1.165, 1.54) is 0 Å². The molecule has 0 aliphatic carbocycles. The van der Waals surface area contributed by atoms with Crippen molar-refractivity contribution in [1.29, 1.82) is 0 Å². The van der Waals surface area contributed by atoms with Gasteiger partial charge in [-0.25, -0.2) is 0 Å². The van der Waals surface area contributed by atoms with Crippen molar-refractivity contribution in [2.24, 2.45) is 0 Å². The molecule has 0 radical (unpaired) electrons. The Hall–Kier alpha value is -1.62. The topological polar surface area (TPSA) is 44.1 Å². The summed E-state index contributed by atoms with van der Waals surface area (Å²) in [6.07, 6.45) is 0.900. The molecule has 0 fully saturated rings. The quantitative estimate of drug-likeness (QED) is 0.739. The Labute approximate surface area is 133 Å². The van der Waals surface area contributed by atoms with E-state index < -0.39 is 0 Å². The predicted octanol–water partition coefficient (Wildman–Crippen LogP) is 4.01. The molecule has 0 saturated heterocycles. The maximum Gasteiger partial charge on any atom is 0.163 e. The van der Waals surface area contributed by atoms with Gasteiger partial charge >= 0.3 is 0 Å². The SMILES string of the molecule is CCc1cc(COc2ccc(Br)cc2C(C)=O)n(CC)n1. The number of hydrogen-bond donors (Lipinski definition) is 0. The Balaban J connectivity index is 2.20. The van der Waals surface area contributed by atoms with Crippen molar-refractivity contribution in [3.05, 3.63) is 45.7 Å². The van der Waals surface area contributed by atoms with Gasteiger partial charge in [0, 0.05) is 11.0 Å². The minimum atomic E-state index is -0.00968. The molecule has 0 atom stereocenters. The van der Waals surface area contributed by atoms with E-state index in [1.54, 1.807) is 13.0 Å². The summed E-state index contributed by atoms with van der Waals surface area (Å²) in [6, 6.07) is 7.52. The number of Topliss-reactive ketones (excluding diaryl/α,β-unsaturated/α-hetero) is 1. The highest BCUT2D eigenvalue weighted by Gasteiger charge is 2.11. The van der Waals surface area contributed by atoms with E-state index in [4.69, 9.17) is 4.74 Å². The first-order valence-electron chi connectivity index (χ1n) is 7.04. The molecule has 0 amide bonds. The van der Waals surface area contributed by atoms with Crippen LogP contribution in [-0.4, -0.2) is 15.6 Å². The van der Waals surface area contributed by atoms with Crippen LogP contribution in [0.5, 0.6) is 5.75 Å². The molecule has 0 aliphatic heterocycles. The van der Waals surface area contributed by atoms with Crippen LogP contribution < -0.4 is 4.74 Å². The monoisotopic (exact) mass is 350 g/mol. The van der Waals surface area contributed by atoms with Crippen molar-refractivity contribution in [1.82, 2.24) is 9.78 Å². The summed E-state index contributed by atoms with van der Waals surface area (Å²) < 4.78 is 8.64. The normalized spacial score (nSPS) is 10.7. The number of rotatable bonds is 6. The highest BCUT2D eigenvalue weighted by Crippen LogP contribution is 2.24. The second kappa shape index (κ2) is 6.89. The first kappa shape index (κ1) is 15.8. The zero-order valence-corrected chi connectivity index (χ0v) is 14.1. The maximum atomic E-state index is 11.7. The Morgan fingerprint density at radius 1 is 1.33 bits per heavy atom. The second-order valence-corrected chi connectivity index (χ2v) is 5.70. The number of nitrogens with zero attached hydrogens (tertiary/aromatic N) is 2. The number of benzene rings is 1. The molecule has 1 aromatic heterocycles. The molecular weight excluding hydrogens is 332 g/mol. The lowest BCUT2D eigenvalue weighted by Crippen LogP contribution is -2.07. The van der Waals surface area contributed by atoms with Gasteiger partial charge in [0.25, 0.3) is 0 Å². The van der Waals surface area contributed by atoms with Crippen LogP contribution in [0.1, 0.15) is 42.5 Å². The Morgan fingerprint density at radius 3 is 2.71 bits per heavy atom. The third-order valence-electron chi connectivity index (χ3n) is 3.27. The molecule has 5 heteroatoms. The van der Waals surface area contributed by atoms with E-state index in [9.17, 15) is 4.79 Å². The molecule has 1 heterocycles. The summed E-state index contributed by atoms with van der Waals surface area (Å²) in [5.41, 5.74) is 2.66. The Kier molecular flexibility index (Phi) is 5.17. The predicted molar refractivity (Wildman–Crippen MR) is 85.8 cm³/mol. The van der Waals surface area contributed by atoms with Crippen molar-refractivity contribution in [2.75, 3.05) is 0 Å². The molecule has 21 heavy (non-hydrogen) atoms. The van der Waals surface area contributed by atoms with Crippen LogP contribution in [0, 0.1) is 0 Å². The number of ketones is 1. The smallest absolute Gasteiger partial charge is 0.163 e. The molecule has 2 rings (SSSR count). The highest BCUT2D eigenvalue weighted by atomic mass is 79.9. The molecular formula is C16H19BrN2O2. The van der Waals surface area contributed by atoms with Crippen molar-refractivity contribution < 1.29 is 9.53 Å². The standard InChI is InChI=1S/C16H19BrN2O2/c1-4-13-9-14(19(5-2)18-13)10-21-16-7-6-12(17)8-15(16)11(3)20/h6-9H,4-5,10H2,1-3H3. The van der Waals surface area contributed by atoms with Crippen LogP contribution in [0.4, 0.5) is 0 Å². The second-order valence-electron chi connectivity index (χ2n) is 4.78. The molecule has 112 valence electrons. The van der Waals surface area contributed by atoms with Crippen molar-refractivity contribution in [2.45, 2.75) is 40.3 Å². The number of hydrogen-bond acceptors (Lipinski definition) is 3. The molecule has 0 saturated carbocycles. The summed E-state index contributed by atoms with van der Waals surface area (Å²) in [5.74, 6) is 0.595. The van der Waals surface area contributed by atoms with E-state index in [0.717, 1.165) is 28.8 Å². The summed E-state index contributed by atoms with van der Waals surface area (Å²) in [6.45, 7) is 6.88. The fourth-order valence-corrected chi connectivity index (χ4v) is 2.49. The van der Waals surface area contributed by atoms with Crippen LogP contribution >= 0.6 is 15.9 Å². The van der Waals surface area contributed by atoms with E-state index >= 15 is 0 Å². The van der Waals surface area contributed by atoms with Crippen molar-refractivity contribution in [3.8, 4) is 5.75 Å².